The van der Waals surface area contributed by atoms with Crippen molar-refractivity contribution in [2.45, 2.75) is 13.3 Å². The number of hydrogen-bond donors (Lipinski definition) is 0. The molecule has 0 aliphatic rings. The van der Waals surface area contributed by atoms with E-state index in [9.17, 15) is 4.79 Å². The lowest BCUT2D eigenvalue weighted by Gasteiger charge is -2.07. The van der Waals surface area contributed by atoms with E-state index in [0.717, 1.165) is 12.7 Å². The number of carbonyl (C=O) groups excluding carboxylic acids is 1. The maximum atomic E-state index is 10.7. The molecule has 1 aromatic rings. The molecular weight excluding hydrogens is 180 g/mol. The molecule has 3 nitrogen and oxygen atoms in total. The summed E-state index contributed by atoms with van der Waals surface area (Å²) in [5, 5.41) is 0. The van der Waals surface area contributed by atoms with Crippen molar-refractivity contribution in [1.29, 1.82) is 0 Å². The van der Waals surface area contributed by atoms with Gasteiger partial charge in [-0.05, 0) is 24.6 Å². The lowest BCUT2D eigenvalue weighted by atomic mass is 10.2. The summed E-state index contributed by atoms with van der Waals surface area (Å²) in [7, 11) is 1.54. The summed E-state index contributed by atoms with van der Waals surface area (Å²) in [5.74, 6) is 1.28. The van der Waals surface area contributed by atoms with Gasteiger partial charge in [0, 0.05) is 0 Å². The molecule has 76 valence electrons. The van der Waals surface area contributed by atoms with Gasteiger partial charge in [0.15, 0.2) is 6.29 Å². The third-order valence-corrected chi connectivity index (χ3v) is 1.80. The normalized spacial score (nSPS) is 9.57. The largest absolute Gasteiger partial charge is 0.496 e. The van der Waals surface area contributed by atoms with E-state index in [1.54, 1.807) is 18.2 Å². The summed E-state index contributed by atoms with van der Waals surface area (Å²) in [5.41, 5.74) is 0.515. The molecule has 0 bridgehead atoms. The SMILES string of the molecule is CCCOc1ccc(OC)c(C=O)c1. The summed E-state index contributed by atoms with van der Waals surface area (Å²) in [6, 6.07) is 5.21. The topological polar surface area (TPSA) is 35.5 Å². The van der Waals surface area contributed by atoms with Gasteiger partial charge in [-0.3, -0.25) is 4.79 Å². The predicted molar refractivity (Wildman–Crippen MR) is 54.2 cm³/mol. The van der Waals surface area contributed by atoms with E-state index in [2.05, 4.69) is 0 Å². The molecule has 0 aromatic heterocycles. The molecule has 0 aliphatic heterocycles. The molecule has 0 fully saturated rings. The van der Waals surface area contributed by atoms with Crippen LogP contribution in [-0.2, 0) is 0 Å². The van der Waals surface area contributed by atoms with Gasteiger partial charge in [-0.15, -0.1) is 0 Å². The molecule has 0 heterocycles. The second kappa shape index (κ2) is 5.27. The van der Waals surface area contributed by atoms with E-state index in [0.29, 0.717) is 23.7 Å². The van der Waals surface area contributed by atoms with Gasteiger partial charge in [-0.2, -0.15) is 0 Å². The summed E-state index contributed by atoms with van der Waals surface area (Å²) in [6.45, 7) is 2.69. The molecular formula is C11H14O3. The van der Waals surface area contributed by atoms with Gasteiger partial charge >= 0.3 is 0 Å². The van der Waals surface area contributed by atoms with Crippen LogP contribution in [0, 0.1) is 0 Å². The van der Waals surface area contributed by atoms with Crippen molar-refractivity contribution in [2.24, 2.45) is 0 Å². The van der Waals surface area contributed by atoms with Crippen LogP contribution in [-0.4, -0.2) is 20.0 Å². The first-order valence-electron chi connectivity index (χ1n) is 4.57. The summed E-state index contributed by atoms with van der Waals surface area (Å²) in [6.07, 6.45) is 1.71. The number of aldehydes is 1. The molecule has 0 radical (unpaired) electrons. The van der Waals surface area contributed by atoms with Crippen molar-refractivity contribution >= 4 is 6.29 Å². The Balaban J connectivity index is 2.84. The number of benzene rings is 1. The quantitative estimate of drug-likeness (QED) is 0.675. The highest BCUT2D eigenvalue weighted by atomic mass is 16.5. The van der Waals surface area contributed by atoms with Crippen LogP contribution in [0.1, 0.15) is 23.7 Å². The summed E-state index contributed by atoms with van der Waals surface area (Å²) in [4.78, 5) is 10.7. The van der Waals surface area contributed by atoms with Gasteiger partial charge in [-0.25, -0.2) is 0 Å². The van der Waals surface area contributed by atoms with Crippen LogP contribution in [0.5, 0.6) is 11.5 Å². The second-order valence-corrected chi connectivity index (χ2v) is 2.87. The van der Waals surface area contributed by atoms with Gasteiger partial charge in [0.25, 0.3) is 0 Å². The average Bonchev–Trinajstić information content (AvgIpc) is 2.25. The van der Waals surface area contributed by atoms with Crippen molar-refractivity contribution < 1.29 is 14.3 Å². The van der Waals surface area contributed by atoms with Crippen LogP contribution in [0.3, 0.4) is 0 Å². The number of hydrogen-bond acceptors (Lipinski definition) is 3. The van der Waals surface area contributed by atoms with Crippen molar-refractivity contribution in [3.05, 3.63) is 23.8 Å². The summed E-state index contributed by atoms with van der Waals surface area (Å²) >= 11 is 0. The molecule has 1 aromatic carbocycles. The van der Waals surface area contributed by atoms with Crippen molar-refractivity contribution in [3.63, 3.8) is 0 Å². The molecule has 0 saturated heterocycles. The number of rotatable bonds is 5. The van der Waals surface area contributed by atoms with E-state index in [4.69, 9.17) is 9.47 Å². The maximum Gasteiger partial charge on any atom is 0.153 e. The number of methoxy groups -OCH3 is 1. The zero-order chi connectivity index (χ0) is 10.4. The minimum absolute atomic E-state index is 0.515. The minimum Gasteiger partial charge on any atom is -0.496 e. The molecule has 0 N–H and O–H groups in total. The number of ether oxygens (including phenoxy) is 2. The Hall–Kier alpha value is -1.51. The Labute approximate surface area is 83.6 Å². The highest BCUT2D eigenvalue weighted by Gasteiger charge is 2.03. The standard InChI is InChI=1S/C11H14O3/c1-3-6-14-10-4-5-11(13-2)9(7-10)8-12/h4-5,7-8H,3,6H2,1-2H3. The van der Waals surface area contributed by atoms with Crippen LogP contribution in [0.25, 0.3) is 0 Å². The van der Waals surface area contributed by atoms with Gasteiger partial charge in [0.1, 0.15) is 11.5 Å². The van der Waals surface area contributed by atoms with Crippen molar-refractivity contribution in [1.82, 2.24) is 0 Å². The van der Waals surface area contributed by atoms with Crippen molar-refractivity contribution in [2.75, 3.05) is 13.7 Å². The van der Waals surface area contributed by atoms with E-state index in [-0.39, 0.29) is 0 Å². The molecule has 0 atom stereocenters. The fourth-order valence-electron chi connectivity index (χ4n) is 1.11. The fourth-order valence-corrected chi connectivity index (χ4v) is 1.11. The molecule has 3 heteroatoms. The van der Waals surface area contributed by atoms with Crippen LogP contribution in [0.2, 0.25) is 0 Å². The third-order valence-electron chi connectivity index (χ3n) is 1.80. The Bertz CT molecular complexity index is 307. The van der Waals surface area contributed by atoms with Gasteiger partial charge < -0.3 is 9.47 Å². The first-order valence-corrected chi connectivity index (χ1v) is 4.57. The molecule has 1 rings (SSSR count). The van der Waals surface area contributed by atoms with Crippen molar-refractivity contribution in [3.8, 4) is 11.5 Å². The highest BCUT2D eigenvalue weighted by Crippen LogP contribution is 2.22. The Morgan fingerprint density at radius 1 is 1.43 bits per heavy atom. The van der Waals surface area contributed by atoms with E-state index >= 15 is 0 Å². The molecule has 0 spiro atoms. The predicted octanol–water partition coefficient (Wildman–Crippen LogP) is 2.30. The van der Waals surface area contributed by atoms with Gasteiger partial charge in [0.2, 0.25) is 0 Å². The third kappa shape index (κ3) is 2.49. The summed E-state index contributed by atoms with van der Waals surface area (Å²) < 4.78 is 10.4. The zero-order valence-electron chi connectivity index (χ0n) is 8.45. The highest BCUT2D eigenvalue weighted by molar-refractivity contribution is 5.80. The monoisotopic (exact) mass is 194 g/mol. The lowest BCUT2D eigenvalue weighted by Crippen LogP contribution is -1.97. The molecule has 0 amide bonds. The Kier molecular flexibility index (Phi) is 3.98. The zero-order valence-corrected chi connectivity index (χ0v) is 8.45. The molecule has 0 saturated carbocycles. The smallest absolute Gasteiger partial charge is 0.153 e. The molecule has 14 heavy (non-hydrogen) atoms. The number of carbonyl (C=O) groups is 1. The second-order valence-electron chi connectivity index (χ2n) is 2.87. The Morgan fingerprint density at radius 3 is 2.79 bits per heavy atom. The first kappa shape index (κ1) is 10.6. The molecule has 0 aliphatic carbocycles. The van der Waals surface area contributed by atoms with Crippen LogP contribution in [0.4, 0.5) is 0 Å². The minimum atomic E-state index is 0.515. The first-order chi connectivity index (χ1) is 6.81. The van der Waals surface area contributed by atoms with Crippen LogP contribution < -0.4 is 9.47 Å². The van der Waals surface area contributed by atoms with Crippen LogP contribution >= 0.6 is 0 Å². The van der Waals surface area contributed by atoms with Crippen LogP contribution in [0.15, 0.2) is 18.2 Å². The fraction of sp³-hybridized carbons (Fsp3) is 0.364. The average molecular weight is 194 g/mol. The van der Waals surface area contributed by atoms with E-state index in [1.165, 1.54) is 7.11 Å². The Morgan fingerprint density at radius 2 is 2.21 bits per heavy atom. The van der Waals surface area contributed by atoms with E-state index < -0.39 is 0 Å². The van der Waals surface area contributed by atoms with E-state index in [1.807, 2.05) is 6.92 Å². The van der Waals surface area contributed by atoms with Gasteiger partial charge in [-0.1, -0.05) is 6.92 Å². The molecule has 0 unspecified atom stereocenters. The van der Waals surface area contributed by atoms with Gasteiger partial charge in [0.05, 0.1) is 19.3 Å². The maximum absolute atomic E-state index is 10.7. The lowest BCUT2D eigenvalue weighted by molar-refractivity contribution is 0.112.